The molecule has 0 aromatic heterocycles. The van der Waals surface area contributed by atoms with E-state index in [4.69, 9.17) is 10.1 Å². The molecule has 50 valence electrons. The van der Waals surface area contributed by atoms with Crippen molar-refractivity contribution >= 4 is 15.9 Å². The van der Waals surface area contributed by atoms with Gasteiger partial charge in [-0.1, -0.05) is 15.9 Å². The summed E-state index contributed by atoms with van der Waals surface area (Å²) in [7, 11) is 0. The van der Waals surface area contributed by atoms with Gasteiger partial charge in [0, 0.05) is 5.33 Å². The minimum absolute atomic E-state index is 0.0176. The van der Waals surface area contributed by atoms with Gasteiger partial charge in [-0.25, -0.2) is 0 Å². The maximum absolute atomic E-state index is 8.29. The summed E-state index contributed by atoms with van der Waals surface area (Å²) in [5, 5.41) is 10.8. The molecule has 1 aliphatic rings. The Morgan fingerprint density at radius 2 is 2.67 bits per heavy atom. The number of rotatable bonds is 3. The first-order chi connectivity index (χ1) is 4.38. The largest absolute Gasteiger partial charge is 0.297 e. The van der Waals surface area contributed by atoms with Gasteiger partial charge in [0.1, 0.15) is 6.04 Å². The molecule has 1 heterocycles. The smallest absolute Gasteiger partial charge is 0.137 e. The Morgan fingerprint density at radius 1 is 1.89 bits per heavy atom. The third-order valence-corrected chi connectivity index (χ3v) is 1.37. The Balaban J connectivity index is 2.00. The monoisotopic (exact) mass is 190 g/mol. The van der Waals surface area contributed by atoms with Crippen molar-refractivity contribution in [3.05, 3.63) is 0 Å². The normalized spacial score (nSPS) is 31.6. The van der Waals surface area contributed by atoms with E-state index in [9.17, 15) is 0 Å². The molecule has 0 N–H and O–H groups in total. The Morgan fingerprint density at radius 3 is 3.11 bits per heavy atom. The lowest BCUT2D eigenvalue weighted by Gasteiger charge is -1.97. The van der Waals surface area contributed by atoms with Gasteiger partial charge in [0.2, 0.25) is 0 Å². The van der Waals surface area contributed by atoms with E-state index in [1.165, 1.54) is 0 Å². The van der Waals surface area contributed by atoms with Crippen LogP contribution in [-0.2, 0) is 4.84 Å². The van der Waals surface area contributed by atoms with Crippen LogP contribution in [0.1, 0.15) is 0 Å². The fourth-order valence-corrected chi connectivity index (χ4v) is 0.668. The van der Waals surface area contributed by atoms with Gasteiger partial charge in [-0.05, 0) is 0 Å². The molecule has 0 aromatic carbocycles. The Bertz CT molecular complexity index is 133. The fourth-order valence-electron chi connectivity index (χ4n) is 0.523. The van der Waals surface area contributed by atoms with Gasteiger partial charge in [0.25, 0.3) is 0 Å². The minimum atomic E-state index is 0.0176. The van der Waals surface area contributed by atoms with Crippen LogP contribution in [0.5, 0.6) is 0 Å². The van der Waals surface area contributed by atoms with E-state index in [1.807, 2.05) is 0 Å². The van der Waals surface area contributed by atoms with E-state index >= 15 is 0 Å². The molecule has 2 atom stereocenters. The average molecular weight is 191 g/mol. The van der Waals surface area contributed by atoms with Crippen molar-refractivity contribution in [3.8, 4) is 6.07 Å². The van der Waals surface area contributed by atoms with Crippen LogP contribution in [0.15, 0.2) is 0 Å². The van der Waals surface area contributed by atoms with Crippen LogP contribution in [0.2, 0.25) is 0 Å². The zero-order valence-electron chi connectivity index (χ0n) is 4.88. The first kappa shape index (κ1) is 7.00. The van der Waals surface area contributed by atoms with Gasteiger partial charge in [-0.3, -0.25) is 4.84 Å². The molecular weight excluding hydrogens is 184 g/mol. The highest BCUT2D eigenvalue weighted by atomic mass is 79.9. The van der Waals surface area contributed by atoms with E-state index in [-0.39, 0.29) is 6.04 Å². The van der Waals surface area contributed by atoms with E-state index in [2.05, 4.69) is 22.0 Å². The second-order valence-corrected chi connectivity index (χ2v) is 2.56. The van der Waals surface area contributed by atoms with Crippen LogP contribution >= 0.6 is 15.9 Å². The van der Waals surface area contributed by atoms with Crippen LogP contribution in [-0.4, -0.2) is 29.6 Å². The van der Waals surface area contributed by atoms with E-state index < -0.39 is 0 Å². The maximum Gasteiger partial charge on any atom is 0.137 e. The van der Waals surface area contributed by atoms with Crippen molar-refractivity contribution in [3.63, 3.8) is 0 Å². The molecule has 1 saturated heterocycles. The third kappa shape index (κ3) is 1.94. The highest BCUT2D eigenvalue weighted by Gasteiger charge is 2.35. The molecule has 4 heteroatoms. The van der Waals surface area contributed by atoms with Gasteiger partial charge < -0.3 is 0 Å². The summed E-state index contributed by atoms with van der Waals surface area (Å²) in [5.41, 5.74) is 0. The molecule has 0 amide bonds. The number of nitriles is 1. The summed E-state index contributed by atoms with van der Waals surface area (Å²) in [4.78, 5) is 5.07. The molecule has 0 saturated carbocycles. The number of nitrogens with zero attached hydrogens (tertiary/aromatic N) is 2. The van der Waals surface area contributed by atoms with Crippen LogP contribution in [0.3, 0.4) is 0 Å². The summed E-state index contributed by atoms with van der Waals surface area (Å²) < 4.78 is 0. The van der Waals surface area contributed by atoms with Gasteiger partial charge in [-0.2, -0.15) is 10.3 Å². The topological polar surface area (TPSA) is 36.0 Å². The number of hydrogen-bond donors (Lipinski definition) is 0. The van der Waals surface area contributed by atoms with Crippen LogP contribution < -0.4 is 0 Å². The lowest BCUT2D eigenvalue weighted by Crippen LogP contribution is -2.04. The summed E-state index contributed by atoms with van der Waals surface area (Å²) in [6.07, 6.45) is 0. The molecule has 0 radical (unpaired) electrons. The zero-order valence-corrected chi connectivity index (χ0v) is 6.47. The van der Waals surface area contributed by atoms with Crippen molar-refractivity contribution < 1.29 is 4.84 Å². The molecule has 9 heavy (non-hydrogen) atoms. The Kier molecular flexibility index (Phi) is 2.46. The molecule has 1 fully saturated rings. The van der Waals surface area contributed by atoms with Crippen molar-refractivity contribution in [2.75, 3.05) is 18.5 Å². The number of halogens is 1. The first-order valence-electron chi connectivity index (χ1n) is 2.73. The molecule has 3 nitrogen and oxygen atoms in total. The summed E-state index contributed by atoms with van der Waals surface area (Å²) >= 11 is 3.21. The van der Waals surface area contributed by atoms with E-state index in [0.717, 1.165) is 11.9 Å². The number of alkyl halides is 1. The van der Waals surface area contributed by atoms with Crippen molar-refractivity contribution in [1.82, 2.24) is 5.06 Å². The van der Waals surface area contributed by atoms with E-state index in [1.54, 1.807) is 5.06 Å². The number of hydroxylamine groups is 2. The quantitative estimate of drug-likeness (QED) is 0.482. The van der Waals surface area contributed by atoms with Crippen molar-refractivity contribution in [1.29, 1.82) is 5.26 Å². The maximum atomic E-state index is 8.29. The predicted octanol–water partition coefficient (Wildman–Crippen LogP) is 0.521. The average Bonchev–Trinajstić information content (AvgIpc) is 2.62. The Labute approximate surface area is 62.3 Å². The summed E-state index contributed by atoms with van der Waals surface area (Å²) in [5.74, 6) is 0. The third-order valence-electron chi connectivity index (χ3n) is 1.05. The van der Waals surface area contributed by atoms with Crippen LogP contribution in [0.4, 0.5) is 0 Å². The second-order valence-electron chi connectivity index (χ2n) is 1.77. The van der Waals surface area contributed by atoms with Gasteiger partial charge in [-0.15, -0.1) is 0 Å². The fraction of sp³-hybridized carbons (Fsp3) is 0.800. The van der Waals surface area contributed by atoms with Crippen LogP contribution in [0.25, 0.3) is 0 Å². The molecule has 0 spiro atoms. The molecule has 1 aliphatic heterocycles. The van der Waals surface area contributed by atoms with Crippen molar-refractivity contribution in [2.24, 2.45) is 0 Å². The summed E-state index contributed by atoms with van der Waals surface area (Å²) in [6, 6.07) is 2.10. The highest BCUT2D eigenvalue weighted by Crippen LogP contribution is 2.15. The Hall–Kier alpha value is -0.110. The molecule has 0 aliphatic carbocycles. The van der Waals surface area contributed by atoms with E-state index in [0.29, 0.717) is 6.61 Å². The first-order valence-corrected chi connectivity index (χ1v) is 3.85. The van der Waals surface area contributed by atoms with Gasteiger partial charge in [0.05, 0.1) is 19.2 Å². The minimum Gasteiger partial charge on any atom is -0.297 e. The standard InChI is InChI=1S/C5H7BrN2O/c6-1-2-9-8-4-5(8)3-7/h5H,1-2,4H2. The second kappa shape index (κ2) is 3.16. The lowest BCUT2D eigenvalue weighted by molar-refractivity contribution is -0.0615. The lowest BCUT2D eigenvalue weighted by atomic mass is 10.6. The molecule has 2 unspecified atom stereocenters. The molecule has 0 bridgehead atoms. The molecule has 0 aromatic rings. The van der Waals surface area contributed by atoms with Gasteiger partial charge >= 0.3 is 0 Å². The van der Waals surface area contributed by atoms with Crippen LogP contribution in [0, 0.1) is 11.3 Å². The highest BCUT2D eigenvalue weighted by molar-refractivity contribution is 9.09. The zero-order chi connectivity index (χ0) is 6.69. The number of hydrogen-bond acceptors (Lipinski definition) is 3. The molecule has 1 rings (SSSR count). The molecular formula is C5H7BrN2O. The van der Waals surface area contributed by atoms with Crippen molar-refractivity contribution in [2.45, 2.75) is 6.04 Å². The predicted molar refractivity (Wildman–Crippen MR) is 35.9 cm³/mol. The SMILES string of the molecule is N#CC1CN1OCCBr. The summed E-state index contributed by atoms with van der Waals surface area (Å²) in [6.45, 7) is 1.42. The van der Waals surface area contributed by atoms with Gasteiger partial charge in [0.15, 0.2) is 0 Å².